The fourth-order valence-corrected chi connectivity index (χ4v) is 3.41. The van der Waals surface area contributed by atoms with Gasteiger partial charge >= 0.3 is 0 Å². The molecule has 0 spiro atoms. The molecule has 1 fully saturated rings. The van der Waals surface area contributed by atoms with Gasteiger partial charge in [-0.1, -0.05) is 11.6 Å². The van der Waals surface area contributed by atoms with E-state index >= 15 is 0 Å². The summed E-state index contributed by atoms with van der Waals surface area (Å²) in [5.41, 5.74) is 0.639. The van der Waals surface area contributed by atoms with Crippen molar-refractivity contribution in [3.05, 3.63) is 71.8 Å². The molecule has 8 heteroatoms. The largest absolute Gasteiger partial charge is 0.484 e. The number of halogens is 1. The molecule has 1 N–H and O–H groups in total. The van der Waals surface area contributed by atoms with Crippen LogP contribution >= 0.6 is 11.6 Å². The smallest absolute Gasteiger partial charge is 0.262 e. The molecular weight excluding hydrogens is 404 g/mol. The van der Waals surface area contributed by atoms with E-state index in [4.69, 9.17) is 20.8 Å². The first-order valence-corrected chi connectivity index (χ1v) is 10.2. The van der Waals surface area contributed by atoms with E-state index in [1.165, 1.54) is 0 Å². The second-order valence-electron chi connectivity index (χ2n) is 7.04. The standard InChI is InChI=1S/C22H23ClN4O3/c23-17-3-6-19(7-4-17)30-16-22(28)25-18-5-8-21(24-14-18)27-11-9-26(10-12-27)15-20-2-1-13-29-20/h1-8,13-14H,9-12,15-16H2,(H,25,28). The molecule has 30 heavy (non-hydrogen) atoms. The topological polar surface area (TPSA) is 70.8 Å². The SMILES string of the molecule is O=C(COc1ccc(Cl)cc1)Nc1ccc(N2CCN(Cc3ccco3)CC2)nc1. The van der Waals surface area contributed by atoms with Crippen molar-refractivity contribution in [2.45, 2.75) is 6.54 Å². The third-order valence-electron chi connectivity index (χ3n) is 4.87. The quantitative estimate of drug-likeness (QED) is 0.621. The van der Waals surface area contributed by atoms with Crippen LogP contribution in [0.5, 0.6) is 5.75 Å². The Morgan fingerprint density at radius 2 is 1.90 bits per heavy atom. The second-order valence-corrected chi connectivity index (χ2v) is 7.47. The summed E-state index contributed by atoms with van der Waals surface area (Å²) in [6.07, 6.45) is 3.38. The van der Waals surface area contributed by atoms with Gasteiger partial charge in [0.15, 0.2) is 6.61 Å². The van der Waals surface area contributed by atoms with E-state index in [0.717, 1.165) is 44.3 Å². The summed E-state index contributed by atoms with van der Waals surface area (Å²) in [7, 11) is 0. The molecule has 1 aliphatic heterocycles. The van der Waals surface area contributed by atoms with Crippen LogP contribution in [-0.2, 0) is 11.3 Å². The van der Waals surface area contributed by atoms with Crippen molar-refractivity contribution in [1.29, 1.82) is 0 Å². The molecule has 156 valence electrons. The Hall–Kier alpha value is -3.03. The fourth-order valence-electron chi connectivity index (χ4n) is 3.28. The Balaban J connectivity index is 1.23. The summed E-state index contributed by atoms with van der Waals surface area (Å²) in [6.45, 7) is 4.44. The molecule has 1 aromatic carbocycles. The normalized spacial score (nSPS) is 14.5. The molecule has 3 heterocycles. The fraction of sp³-hybridized carbons (Fsp3) is 0.273. The molecule has 2 aromatic heterocycles. The summed E-state index contributed by atoms with van der Waals surface area (Å²) < 4.78 is 10.9. The molecule has 7 nitrogen and oxygen atoms in total. The zero-order valence-corrected chi connectivity index (χ0v) is 17.2. The predicted molar refractivity (Wildman–Crippen MR) is 116 cm³/mol. The van der Waals surface area contributed by atoms with Crippen molar-refractivity contribution in [3.8, 4) is 5.75 Å². The molecule has 0 unspecified atom stereocenters. The number of anilines is 2. The highest BCUT2D eigenvalue weighted by atomic mass is 35.5. The summed E-state index contributed by atoms with van der Waals surface area (Å²) in [5, 5.41) is 3.42. The first-order valence-electron chi connectivity index (χ1n) is 9.80. The van der Waals surface area contributed by atoms with E-state index in [0.29, 0.717) is 16.5 Å². The molecule has 1 aliphatic rings. The van der Waals surface area contributed by atoms with E-state index < -0.39 is 0 Å². The van der Waals surface area contributed by atoms with Gasteiger partial charge in [0.1, 0.15) is 17.3 Å². The Bertz CT molecular complexity index is 938. The number of piperazine rings is 1. The van der Waals surface area contributed by atoms with Gasteiger partial charge in [-0.3, -0.25) is 9.69 Å². The maximum absolute atomic E-state index is 12.1. The number of hydrogen-bond donors (Lipinski definition) is 1. The van der Waals surface area contributed by atoms with Crippen molar-refractivity contribution >= 4 is 29.0 Å². The zero-order chi connectivity index (χ0) is 20.8. The minimum Gasteiger partial charge on any atom is -0.484 e. The van der Waals surface area contributed by atoms with E-state index in [-0.39, 0.29) is 12.5 Å². The van der Waals surface area contributed by atoms with Crippen LogP contribution in [-0.4, -0.2) is 48.6 Å². The predicted octanol–water partition coefficient (Wildman–Crippen LogP) is 3.67. The lowest BCUT2D eigenvalue weighted by molar-refractivity contribution is -0.118. The number of nitrogens with one attached hydrogen (secondary N) is 1. The maximum Gasteiger partial charge on any atom is 0.262 e. The number of carbonyl (C=O) groups excluding carboxylic acids is 1. The van der Waals surface area contributed by atoms with Gasteiger partial charge < -0.3 is 19.4 Å². The molecular formula is C22H23ClN4O3. The number of pyridine rings is 1. The number of amides is 1. The molecule has 3 aromatic rings. The van der Waals surface area contributed by atoms with Crippen molar-refractivity contribution in [1.82, 2.24) is 9.88 Å². The van der Waals surface area contributed by atoms with Crippen LogP contribution in [0, 0.1) is 0 Å². The molecule has 4 rings (SSSR count). The molecule has 0 saturated carbocycles. The lowest BCUT2D eigenvalue weighted by Gasteiger charge is -2.35. The van der Waals surface area contributed by atoms with Crippen LogP contribution in [0.1, 0.15) is 5.76 Å². The van der Waals surface area contributed by atoms with Gasteiger partial charge in [-0.15, -0.1) is 0 Å². The molecule has 0 radical (unpaired) electrons. The maximum atomic E-state index is 12.1. The summed E-state index contributed by atoms with van der Waals surface area (Å²) in [4.78, 5) is 21.2. The number of aromatic nitrogens is 1. The van der Waals surface area contributed by atoms with Crippen molar-refractivity contribution in [2.24, 2.45) is 0 Å². The average Bonchev–Trinajstić information content (AvgIpc) is 3.28. The molecule has 1 amide bonds. The minimum atomic E-state index is -0.244. The number of benzene rings is 1. The van der Waals surface area contributed by atoms with Gasteiger partial charge in [0.05, 0.1) is 24.7 Å². The van der Waals surface area contributed by atoms with Crippen LogP contribution in [0.25, 0.3) is 0 Å². The van der Waals surface area contributed by atoms with E-state index in [1.807, 2.05) is 24.3 Å². The number of ether oxygens (including phenoxy) is 1. The summed E-state index contributed by atoms with van der Waals surface area (Å²) in [6, 6.07) is 14.6. The summed E-state index contributed by atoms with van der Waals surface area (Å²) >= 11 is 5.83. The highest BCUT2D eigenvalue weighted by Crippen LogP contribution is 2.18. The van der Waals surface area contributed by atoms with E-state index in [2.05, 4.69) is 20.1 Å². The van der Waals surface area contributed by atoms with Crippen molar-refractivity contribution in [2.75, 3.05) is 43.0 Å². The van der Waals surface area contributed by atoms with Crippen LogP contribution in [0.2, 0.25) is 5.02 Å². The lowest BCUT2D eigenvalue weighted by atomic mass is 10.3. The van der Waals surface area contributed by atoms with Gasteiger partial charge in [-0.05, 0) is 48.5 Å². The Kier molecular flexibility index (Phi) is 6.51. The number of hydrogen-bond acceptors (Lipinski definition) is 6. The monoisotopic (exact) mass is 426 g/mol. The third-order valence-corrected chi connectivity index (χ3v) is 5.12. The first-order chi connectivity index (χ1) is 14.7. The average molecular weight is 427 g/mol. The van der Waals surface area contributed by atoms with Crippen LogP contribution in [0.15, 0.2) is 65.4 Å². The van der Waals surface area contributed by atoms with Gasteiger partial charge in [0.25, 0.3) is 5.91 Å². The zero-order valence-electron chi connectivity index (χ0n) is 16.5. The number of carbonyl (C=O) groups is 1. The second kappa shape index (κ2) is 9.65. The Labute approximate surface area is 180 Å². The van der Waals surface area contributed by atoms with E-state index in [1.54, 1.807) is 36.7 Å². The van der Waals surface area contributed by atoms with E-state index in [9.17, 15) is 4.79 Å². The van der Waals surface area contributed by atoms with Crippen molar-refractivity contribution < 1.29 is 13.9 Å². The Morgan fingerprint density at radius 1 is 1.10 bits per heavy atom. The van der Waals surface area contributed by atoms with Crippen LogP contribution in [0.4, 0.5) is 11.5 Å². The minimum absolute atomic E-state index is 0.0823. The van der Waals surface area contributed by atoms with Gasteiger partial charge in [0.2, 0.25) is 0 Å². The summed E-state index contributed by atoms with van der Waals surface area (Å²) in [5.74, 6) is 2.24. The third kappa shape index (κ3) is 5.52. The molecule has 0 atom stereocenters. The first kappa shape index (κ1) is 20.3. The molecule has 1 saturated heterocycles. The van der Waals surface area contributed by atoms with Crippen LogP contribution in [0.3, 0.4) is 0 Å². The van der Waals surface area contributed by atoms with Gasteiger partial charge in [-0.2, -0.15) is 0 Å². The number of rotatable bonds is 7. The molecule has 0 aliphatic carbocycles. The van der Waals surface area contributed by atoms with Crippen molar-refractivity contribution in [3.63, 3.8) is 0 Å². The highest BCUT2D eigenvalue weighted by molar-refractivity contribution is 6.30. The number of nitrogens with zero attached hydrogens (tertiary/aromatic N) is 3. The molecule has 0 bridgehead atoms. The highest BCUT2D eigenvalue weighted by Gasteiger charge is 2.18. The van der Waals surface area contributed by atoms with Gasteiger partial charge in [0, 0.05) is 31.2 Å². The Morgan fingerprint density at radius 3 is 2.57 bits per heavy atom. The lowest BCUT2D eigenvalue weighted by Crippen LogP contribution is -2.46. The van der Waals surface area contributed by atoms with Crippen LogP contribution < -0.4 is 15.0 Å². The number of furan rings is 1. The van der Waals surface area contributed by atoms with Gasteiger partial charge in [-0.25, -0.2) is 4.98 Å².